The van der Waals surface area contributed by atoms with Crippen LogP contribution in [0.1, 0.15) is 32.1 Å². The molecule has 0 aromatic heterocycles. The second-order valence-corrected chi connectivity index (χ2v) is 9.55. The molecule has 4 aliphatic rings. The number of likely N-dealkylation sites (N-methyl/N-ethyl adjacent to an activating group) is 1. The smallest absolute Gasteiger partial charge is 0.396 e. The van der Waals surface area contributed by atoms with Crippen molar-refractivity contribution in [1.29, 1.82) is 0 Å². The van der Waals surface area contributed by atoms with E-state index in [0.717, 1.165) is 42.8 Å². The zero-order valence-electron chi connectivity index (χ0n) is 17.6. The molecule has 29 heavy (non-hydrogen) atoms. The lowest BCUT2D eigenvalue weighted by Crippen LogP contribution is -2.30. The van der Waals surface area contributed by atoms with E-state index in [-0.39, 0.29) is 0 Å². The molecule has 3 fully saturated rings. The number of para-hydroxylation sites is 2. The first-order valence-electron chi connectivity index (χ1n) is 10.4. The average Bonchev–Trinajstić information content (AvgIpc) is 3.43. The second-order valence-electron chi connectivity index (χ2n) is 8.41. The van der Waals surface area contributed by atoms with Crippen LogP contribution in [0.4, 0.5) is 0 Å². The third kappa shape index (κ3) is 5.05. The van der Waals surface area contributed by atoms with Gasteiger partial charge in [0.2, 0.25) is 0 Å². The summed E-state index contributed by atoms with van der Waals surface area (Å²) in [6, 6.07) is 8.10. The number of methoxy groups -OCH3 is 2. The Morgan fingerprint density at radius 2 is 1.69 bits per heavy atom. The minimum atomic E-state index is -1.13. The van der Waals surface area contributed by atoms with Crippen molar-refractivity contribution in [3.8, 4) is 11.5 Å². The van der Waals surface area contributed by atoms with Crippen molar-refractivity contribution in [2.45, 2.75) is 38.1 Å². The number of benzene rings is 1. The molecule has 2 saturated heterocycles. The molecular weight excluding hydrogens is 389 g/mol. The number of hydrogen-bond acceptors (Lipinski definition) is 6. The topological polar surface area (TPSA) is 49.4 Å². The highest BCUT2D eigenvalue weighted by molar-refractivity contribution is 7.41. The molecule has 0 radical (unpaired) electrons. The summed E-state index contributed by atoms with van der Waals surface area (Å²) in [5.74, 6) is 3.45. The molecule has 2 heterocycles. The maximum absolute atomic E-state index is 5.96. The molecule has 7 heteroatoms. The van der Waals surface area contributed by atoms with Crippen LogP contribution < -0.4 is 9.47 Å². The van der Waals surface area contributed by atoms with Gasteiger partial charge in [-0.15, -0.1) is 0 Å². The first-order valence-corrected chi connectivity index (χ1v) is 11.5. The number of ether oxygens (including phenoxy) is 2. The summed E-state index contributed by atoms with van der Waals surface area (Å²) in [5, 5.41) is 0. The minimum absolute atomic E-state index is 0.361. The van der Waals surface area contributed by atoms with E-state index in [9.17, 15) is 0 Å². The van der Waals surface area contributed by atoms with Gasteiger partial charge >= 0.3 is 8.60 Å². The largest absolute Gasteiger partial charge is 0.493 e. The van der Waals surface area contributed by atoms with E-state index in [1.807, 2.05) is 24.3 Å². The molecule has 1 saturated carbocycles. The summed E-state index contributed by atoms with van der Waals surface area (Å²) >= 11 is 0. The maximum atomic E-state index is 5.96. The molecular formula is C22H32NO5P. The Hall–Kier alpha value is -1.33. The van der Waals surface area contributed by atoms with Crippen LogP contribution >= 0.6 is 8.60 Å². The highest BCUT2D eigenvalue weighted by atomic mass is 31.2. The fourth-order valence-corrected chi connectivity index (χ4v) is 5.45. The van der Waals surface area contributed by atoms with E-state index in [4.69, 9.17) is 23.0 Å². The first kappa shape index (κ1) is 20.9. The Bertz CT molecular complexity index is 690. The van der Waals surface area contributed by atoms with Gasteiger partial charge in [-0.1, -0.05) is 12.1 Å². The minimum Gasteiger partial charge on any atom is -0.493 e. The van der Waals surface area contributed by atoms with E-state index in [2.05, 4.69) is 18.0 Å². The quantitative estimate of drug-likeness (QED) is 0.654. The first-order chi connectivity index (χ1) is 14.1. The third-order valence-electron chi connectivity index (χ3n) is 6.35. The highest BCUT2D eigenvalue weighted by Crippen LogP contribution is 2.57. The van der Waals surface area contributed by atoms with Gasteiger partial charge in [0.15, 0.2) is 11.5 Å². The predicted molar refractivity (Wildman–Crippen MR) is 113 cm³/mol. The Morgan fingerprint density at radius 3 is 2.28 bits per heavy atom. The van der Waals surface area contributed by atoms with Crippen LogP contribution in [0.2, 0.25) is 0 Å². The molecule has 6 nitrogen and oxygen atoms in total. The maximum Gasteiger partial charge on any atom is 0.396 e. The van der Waals surface area contributed by atoms with Crippen LogP contribution in [0.3, 0.4) is 0 Å². The van der Waals surface area contributed by atoms with Gasteiger partial charge < -0.3 is 23.0 Å². The van der Waals surface area contributed by atoms with Crippen molar-refractivity contribution >= 4 is 8.60 Å². The van der Waals surface area contributed by atoms with Gasteiger partial charge in [0.25, 0.3) is 0 Å². The Kier molecular flexibility index (Phi) is 6.65. The van der Waals surface area contributed by atoms with Crippen molar-refractivity contribution in [3.05, 3.63) is 36.1 Å². The monoisotopic (exact) mass is 421 g/mol. The third-order valence-corrected chi connectivity index (χ3v) is 7.42. The fraction of sp³-hybridized carbons (Fsp3) is 0.636. The molecule has 160 valence electrons. The number of fused-ring (bicyclic) bond motifs is 1. The fourth-order valence-electron chi connectivity index (χ4n) is 4.16. The van der Waals surface area contributed by atoms with Gasteiger partial charge in [-0.25, -0.2) is 0 Å². The SMILES string of the molecule is CN1CCC2CCC(OP3OCC4(CC4)CO3)=CC21.COc1ccccc1OC. The summed E-state index contributed by atoms with van der Waals surface area (Å²) in [5.41, 5.74) is 0.361. The molecule has 1 aromatic rings. The zero-order valence-corrected chi connectivity index (χ0v) is 18.5. The van der Waals surface area contributed by atoms with Gasteiger partial charge in [-0.05, 0) is 63.4 Å². The molecule has 2 aliphatic carbocycles. The summed E-state index contributed by atoms with van der Waals surface area (Å²) in [4.78, 5) is 2.43. The number of likely N-dealkylation sites (tertiary alicyclic amines) is 1. The van der Waals surface area contributed by atoms with Crippen molar-refractivity contribution in [2.75, 3.05) is 41.0 Å². The molecule has 0 bridgehead atoms. The van der Waals surface area contributed by atoms with Crippen LogP contribution in [0, 0.1) is 11.3 Å². The van der Waals surface area contributed by atoms with Crippen molar-refractivity contribution in [1.82, 2.24) is 4.90 Å². The van der Waals surface area contributed by atoms with Crippen LogP contribution in [0.15, 0.2) is 36.1 Å². The summed E-state index contributed by atoms with van der Waals surface area (Å²) in [6.07, 6.45) is 8.44. The predicted octanol–water partition coefficient (Wildman–Crippen LogP) is 4.76. The number of allylic oxidation sites excluding steroid dienone is 1. The number of rotatable bonds is 4. The van der Waals surface area contributed by atoms with Gasteiger partial charge in [0.1, 0.15) is 5.76 Å². The molecule has 5 rings (SSSR count). The van der Waals surface area contributed by atoms with Gasteiger partial charge in [-0.2, -0.15) is 0 Å². The lowest BCUT2D eigenvalue weighted by molar-refractivity contribution is 0.0687. The highest BCUT2D eigenvalue weighted by Gasteiger charge is 2.48. The van der Waals surface area contributed by atoms with Crippen LogP contribution in [0.25, 0.3) is 0 Å². The second kappa shape index (κ2) is 9.22. The normalized spacial score (nSPS) is 28.0. The molecule has 2 unspecified atom stereocenters. The van der Waals surface area contributed by atoms with Gasteiger partial charge in [0, 0.05) is 17.9 Å². The number of hydrogen-bond donors (Lipinski definition) is 0. The van der Waals surface area contributed by atoms with Crippen molar-refractivity contribution < 1.29 is 23.0 Å². The van der Waals surface area contributed by atoms with Crippen LogP contribution in [0.5, 0.6) is 11.5 Å². The molecule has 1 spiro atoms. The number of nitrogens with zero attached hydrogens (tertiary/aromatic N) is 1. The standard InChI is InChI=1S/C14H22NO3P.C8H10O2/c1-15-7-4-11-2-3-12(8-13(11)15)18-19-16-9-14(5-6-14)10-17-19;1-9-7-5-3-4-6-8(7)10-2/h8,11,13H,2-7,9-10H2,1H3;3-6H,1-2H3. The Labute approximate surface area is 175 Å². The van der Waals surface area contributed by atoms with E-state index >= 15 is 0 Å². The lowest BCUT2D eigenvalue weighted by Gasteiger charge is -2.31. The van der Waals surface area contributed by atoms with E-state index in [1.165, 1.54) is 32.2 Å². The molecule has 1 aromatic carbocycles. The van der Waals surface area contributed by atoms with Crippen molar-refractivity contribution in [3.63, 3.8) is 0 Å². The summed E-state index contributed by atoms with van der Waals surface area (Å²) in [6.45, 7) is 2.87. The van der Waals surface area contributed by atoms with E-state index in [0.29, 0.717) is 11.5 Å². The summed E-state index contributed by atoms with van der Waals surface area (Å²) in [7, 11) is 4.32. The summed E-state index contributed by atoms with van der Waals surface area (Å²) < 4.78 is 27.5. The van der Waals surface area contributed by atoms with E-state index in [1.54, 1.807) is 14.2 Å². The molecule has 0 amide bonds. The van der Waals surface area contributed by atoms with Crippen LogP contribution in [-0.4, -0.2) is 52.0 Å². The van der Waals surface area contributed by atoms with E-state index < -0.39 is 8.60 Å². The Morgan fingerprint density at radius 1 is 1.03 bits per heavy atom. The van der Waals surface area contributed by atoms with Crippen molar-refractivity contribution in [2.24, 2.45) is 11.3 Å². The average molecular weight is 421 g/mol. The van der Waals surface area contributed by atoms with Gasteiger partial charge in [-0.3, -0.25) is 4.90 Å². The van der Waals surface area contributed by atoms with Crippen LogP contribution in [-0.2, 0) is 13.6 Å². The Balaban J connectivity index is 0.000000174. The zero-order chi connectivity index (χ0) is 20.3. The lowest BCUT2D eigenvalue weighted by atomic mass is 9.89. The molecule has 2 aliphatic heterocycles. The molecule has 2 atom stereocenters. The molecule has 0 N–H and O–H groups in total. The van der Waals surface area contributed by atoms with Gasteiger partial charge in [0.05, 0.1) is 27.4 Å².